The molecule has 2 rings (SSSR count). The Morgan fingerprint density at radius 2 is 1.84 bits per heavy atom. The topological polar surface area (TPSA) is 75.6 Å². The lowest BCUT2D eigenvalue weighted by molar-refractivity contribution is -0.137. The van der Waals surface area contributed by atoms with Gasteiger partial charge in [-0.2, -0.15) is 0 Å². The monoisotopic (exact) mass is 341 g/mol. The number of rotatable bonds is 8. The van der Waals surface area contributed by atoms with Crippen molar-refractivity contribution in [3.05, 3.63) is 65.2 Å². The van der Waals surface area contributed by atoms with Crippen molar-refractivity contribution in [2.75, 3.05) is 6.61 Å². The highest BCUT2D eigenvalue weighted by Crippen LogP contribution is 2.20. The van der Waals surface area contributed by atoms with Gasteiger partial charge >= 0.3 is 5.97 Å². The van der Waals surface area contributed by atoms with E-state index in [2.05, 4.69) is 5.32 Å². The molecule has 1 amide bonds. The molecule has 0 aliphatic carbocycles. The van der Waals surface area contributed by atoms with Crippen molar-refractivity contribution in [1.82, 2.24) is 5.32 Å². The number of benzene rings is 2. The molecule has 2 aromatic rings. The maximum atomic E-state index is 12.2. The molecular formula is C20H23NO4. The second-order valence-electron chi connectivity index (χ2n) is 6.02. The number of carbonyl (C=O) groups is 2. The average molecular weight is 341 g/mol. The van der Waals surface area contributed by atoms with Crippen LogP contribution >= 0.6 is 0 Å². The van der Waals surface area contributed by atoms with E-state index < -0.39 is 5.97 Å². The smallest absolute Gasteiger partial charge is 0.303 e. The first-order chi connectivity index (χ1) is 12.0. The van der Waals surface area contributed by atoms with Crippen molar-refractivity contribution in [2.45, 2.75) is 32.7 Å². The van der Waals surface area contributed by atoms with Crippen LogP contribution in [0.1, 0.15) is 35.6 Å². The molecule has 0 heterocycles. The molecule has 25 heavy (non-hydrogen) atoms. The molecule has 0 saturated carbocycles. The Hall–Kier alpha value is -2.82. The summed E-state index contributed by atoms with van der Waals surface area (Å²) in [6.45, 7) is 3.82. The molecule has 0 aromatic heterocycles. The van der Waals surface area contributed by atoms with E-state index in [0.717, 1.165) is 16.7 Å². The van der Waals surface area contributed by atoms with Gasteiger partial charge in [-0.05, 0) is 37.5 Å². The second-order valence-corrected chi connectivity index (χ2v) is 6.02. The van der Waals surface area contributed by atoms with E-state index in [-0.39, 0.29) is 25.0 Å². The summed E-state index contributed by atoms with van der Waals surface area (Å²) >= 11 is 0. The highest BCUT2D eigenvalue weighted by molar-refractivity contribution is 5.78. The van der Waals surface area contributed by atoms with Gasteiger partial charge < -0.3 is 15.2 Å². The zero-order chi connectivity index (χ0) is 18.2. The predicted octanol–water partition coefficient (Wildman–Crippen LogP) is 3.40. The molecule has 5 heteroatoms. The quantitative estimate of drug-likeness (QED) is 0.771. The fourth-order valence-electron chi connectivity index (χ4n) is 2.62. The van der Waals surface area contributed by atoms with E-state index in [4.69, 9.17) is 9.84 Å². The number of carboxylic acids is 1. The van der Waals surface area contributed by atoms with Crippen molar-refractivity contribution >= 4 is 11.9 Å². The first-order valence-corrected chi connectivity index (χ1v) is 8.22. The highest BCUT2D eigenvalue weighted by atomic mass is 16.5. The molecule has 2 N–H and O–H groups in total. The zero-order valence-electron chi connectivity index (χ0n) is 14.5. The zero-order valence-corrected chi connectivity index (χ0v) is 14.5. The Morgan fingerprint density at radius 3 is 2.48 bits per heavy atom. The van der Waals surface area contributed by atoms with Crippen molar-refractivity contribution < 1.29 is 19.4 Å². The lowest BCUT2D eigenvalue weighted by Gasteiger charge is -2.19. The molecule has 132 valence electrons. The third-order valence-corrected chi connectivity index (χ3v) is 3.87. The molecule has 0 radical (unpaired) electrons. The Kier molecular flexibility index (Phi) is 6.57. The molecule has 0 spiro atoms. The van der Waals surface area contributed by atoms with Gasteiger partial charge in [-0.15, -0.1) is 0 Å². The Morgan fingerprint density at radius 1 is 1.12 bits per heavy atom. The summed E-state index contributed by atoms with van der Waals surface area (Å²) in [7, 11) is 0. The van der Waals surface area contributed by atoms with Gasteiger partial charge in [0, 0.05) is 6.42 Å². The van der Waals surface area contributed by atoms with Crippen LogP contribution in [0.5, 0.6) is 5.75 Å². The van der Waals surface area contributed by atoms with E-state index in [9.17, 15) is 9.59 Å². The van der Waals surface area contributed by atoms with Gasteiger partial charge in [0.15, 0.2) is 6.61 Å². The fourth-order valence-corrected chi connectivity index (χ4v) is 2.62. The second kappa shape index (κ2) is 8.87. The molecule has 0 fully saturated rings. The summed E-state index contributed by atoms with van der Waals surface area (Å²) in [5, 5.41) is 11.8. The highest BCUT2D eigenvalue weighted by Gasteiger charge is 2.16. The summed E-state index contributed by atoms with van der Waals surface area (Å²) in [4.78, 5) is 23.1. The van der Waals surface area contributed by atoms with Crippen molar-refractivity contribution in [3.8, 4) is 5.75 Å². The van der Waals surface area contributed by atoms with Crippen LogP contribution in [0.25, 0.3) is 0 Å². The lowest BCUT2D eigenvalue weighted by atomic mass is 10.0. The van der Waals surface area contributed by atoms with Crippen LogP contribution in [0, 0.1) is 13.8 Å². The van der Waals surface area contributed by atoms with Crippen molar-refractivity contribution in [2.24, 2.45) is 0 Å². The van der Waals surface area contributed by atoms with Gasteiger partial charge in [0.1, 0.15) is 5.75 Å². The van der Waals surface area contributed by atoms with E-state index in [1.54, 1.807) is 0 Å². The normalized spacial score (nSPS) is 11.6. The first kappa shape index (κ1) is 18.5. The largest absolute Gasteiger partial charge is 0.484 e. The number of aliphatic carboxylic acids is 1. The number of hydrogen-bond acceptors (Lipinski definition) is 3. The lowest BCUT2D eigenvalue weighted by Crippen LogP contribution is -2.33. The van der Waals surface area contributed by atoms with Crippen molar-refractivity contribution in [3.63, 3.8) is 0 Å². The molecule has 0 bridgehead atoms. The van der Waals surface area contributed by atoms with E-state index in [1.165, 1.54) is 0 Å². The molecule has 0 aliphatic rings. The van der Waals surface area contributed by atoms with Gasteiger partial charge in [0.25, 0.3) is 5.91 Å². The average Bonchev–Trinajstić information content (AvgIpc) is 2.58. The number of ether oxygens (including phenoxy) is 1. The molecule has 5 nitrogen and oxygen atoms in total. The van der Waals surface area contributed by atoms with Crippen LogP contribution in [0.2, 0.25) is 0 Å². The van der Waals surface area contributed by atoms with Crippen LogP contribution in [-0.2, 0) is 9.59 Å². The maximum absolute atomic E-state index is 12.2. The predicted molar refractivity (Wildman–Crippen MR) is 95.6 cm³/mol. The fraction of sp³-hybridized carbons (Fsp3) is 0.300. The van der Waals surface area contributed by atoms with Gasteiger partial charge in [0.05, 0.1) is 6.04 Å². The number of carbonyl (C=O) groups excluding carboxylic acids is 1. The number of carboxylic acid groups (broad SMARTS) is 1. The molecule has 1 atom stereocenters. The summed E-state index contributed by atoms with van der Waals surface area (Å²) in [6, 6.07) is 14.8. The minimum atomic E-state index is -0.887. The summed E-state index contributed by atoms with van der Waals surface area (Å²) in [5.74, 6) is -0.497. The minimum absolute atomic E-state index is 0.0161. The van der Waals surface area contributed by atoms with E-state index in [0.29, 0.717) is 12.2 Å². The molecule has 2 aromatic carbocycles. The summed E-state index contributed by atoms with van der Waals surface area (Å²) in [5.41, 5.74) is 2.98. The Bertz CT molecular complexity index is 728. The maximum Gasteiger partial charge on any atom is 0.303 e. The first-order valence-electron chi connectivity index (χ1n) is 8.22. The van der Waals surface area contributed by atoms with Crippen LogP contribution in [0.3, 0.4) is 0 Å². The Balaban J connectivity index is 1.97. The van der Waals surface area contributed by atoms with Gasteiger partial charge in [0.2, 0.25) is 0 Å². The minimum Gasteiger partial charge on any atom is -0.484 e. The molecule has 0 saturated heterocycles. The van der Waals surface area contributed by atoms with Crippen molar-refractivity contribution in [1.29, 1.82) is 0 Å². The molecular weight excluding hydrogens is 318 g/mol. The van der Waals surface area contributed by atoms with Crippen LogP contribution in [0.4, 0.5) is 0 Å². The number of hydrogen-bond donors (Lipinski definition) is 2. The van der Waals surface area contributed by atoms with E-state index >= 15 is 0 Å². The molecule has 1 unspecified atom stereocenters. The summed E-state index contributed by atoms with van der Waals surface area (Å²) < 4.78 is 5.59. The number of nitrogens with one attached hydrogen (secondary N) is 1. The standard InChI is InChI=1S/C20H23NO4/c1-14-8-10-18(15(2)12-14)25-13-19(22)21-17(9-11-20(23)24)16-6-4-3-5-7-16/h3-8,10,12,17H,9,11,13H2,1-2H3,(H,21,22)(H,23,24). The van der Waals surface area contributed by atoms with Gasteiger partial charge in [-0.1, -0.05) is 48.0 Å². The van der Waals surface area contributed by atoms with Crippen LogP contribution in [0.15, 0.2) is 48.5 Å². The van der Waals surface area contributed by atoms with Crippen LogP contribution in [-0.4, -0.2) is 23.6 Å². The number of aryl methyl sites for hydroxylation is 2. The third-order valence-electron chi connectivity index (χ3n) is 3.87. The van der Waals surface area contributed by atoms with Gasteiger partial charge in [-0.25, -0.2) is 0 Å². The molecule has 0 aliphatic heterocycles. The Labute approximate surface area is 147 Å². The SMILES string of the molecule is Cc1ccc(OCC(=O)NC(CCC(=O)O)c2ccccc2)c(C)c1. The summed E-state index contributed by atoms with van der Waals surface area (Å²) in [6.07, 6.45) is 0.312. The third kappa shape index (κ3) is 5.95. The van der Waals surface area contributed by atoms with E-state index in [1.807, 2.05) is 62.4 Å². The van der Waals surface area contributed by atoms with Gasteiger partial charge in [-0.3, -0.25) is 9.59 Å². The number of amides is 1. The van der Waals surface area contributed by atoms with Crippen LogP contribution < -0.4 is 10.1 Å².